The molecule has 0 aliphatic carbocycles. The van der Waals surface area contributed by atoms with E-state index in [1.807, 2.05) is 0 Å². The van der Waals surface area contributed by atoms with E-state index in [-0.39, 0.29) is 14.1 Å². The minimum Gasteiger partial charge on any atom is -0.339 e. The SMILES string of the molecule is [2H]c1nc2c(c(=O)n(C([2H])([2H])[2H])c(=O)n2C([2H])([2H])[2H])n1[2H]. The molecule has 0 fully saturated rings. The van der Waals surface area contributed by atoms with Gasteiger partial charge in [0, 0.05) is 22.2 Å². The van der Waals surface area contributed by atoms with Crippen LogP contribution >= 0.6 is 0 Å². The minimum absolute atomic E-state index is 0.0131. The summed E-state index contributed by atoms with van der Waals surface area (Å²) < 4.78 is 57.9. The highest BCUT2D eigenvalue weighted by Gasteiger charge is 2.08. The molecule has 0 aliphatic rings. The number of rotatable bonds is 0. The molecule has 2 heterocycles. The fraction of sp³-hybridized carbons (Fsp3) is 0.286. The lowest BCUT2D eigenvalue weighted by molar-refractivity contribution is 0.709. The van der Waals surface area contributed by atoms with Crippen LogP contribution in [0.4, 0.5) is 0 Å². The zero-order valence-electron chi connectivity index (χ0n) is 14.1. The van der Waals surface area contributed by atoms with Gasteiger partial charge in [-0.15, -0.1) is 0 Å². The second-order valence-corrected chi connectivity index (χ2v) is 2.25. The summed E-state index contributed by atoms with van der Waals surface area (Å²) in [6.45, 7) is -6.36. The van der Waals surface area contributed by atoms with Crippen LogP contribution in [0.3, 0.4) is 0 Å². The normalized spacial score (nSPS) is 21.8. The van der Waals surface area contributed by atoms with Gasteiger partial charge >= 0.3 is 5.69 Å². The van der Waals surface area contributed by atoms with Gasteiger partial charge in [0.05, 0.1) is 6.30 Å². The molecule has 2 aromatic rings. The molecule has 0 saturated heterocycles. The summed E-state index contributed by atoms with van der Waals surface area (Å²) in [5.74, 6) is 0. The van der Waals surface area contributed by atoms with Crippen molar-refractivity contribution >= 4 is 11.2 Å². The van der Waals surface area contributed by atoms with Crippen LogP contribution in [0.2, 0.25) is 1.41 Å². The lowest BCUT2D eigenvalue weighted by Crippen LogP contribution is -2.36. The predicted octanol–water partition coefficient (Wildman–Crippen LogP) is -1.04. The number of nitrogens with zero attached hydrogens (tertiary/aromatic N) is 3. The minimum atomic E-state index is -3.23. The molecule has 0 saturated carbocycles. The van der Waals surface area contributed by atoms with Crippen LogP contribution in [0.1, 0.15) is 9.60 Å². The third-order valence-corrected chi connectivity index (χ3v) is 1.53. The number of imidazole rings is 1. The van der Waals surface area contributed by atoms with Gasteiger partial charge in [-0.2, -0.15) is 0 Å². The Balaban J connectivity index is 3.21. The van der Waals surface area contributed by atoms with Crippen molar-refractivity contribution in [2.45, 2.75) is 0 Å². The second kappa shape index (κ2) is 2.32. The molecule has 0 aromatic carbocycles. The molecule has 2 aromatic heterocycles. The van der Waals surface area contributed by atoms with E-state index in [1.54, 1.807) is 0 Å². The van der Waals surface area contributed by atoms with Gasteiger partial charge in [-0.3, -0.25) is 13.9 Å². The maximum absolute atomic E-state index is 12.1. The lowest BCUT2D eigenvalue weighted by atomic mass is 10.5. The van der Waals surface area contributed by atoms with Crippen LogP contribution < -0.4 is 11.2 Å². The van der Waals surface area contributed by atoms with Crippen LogP contribution in [-0.2, 0) is 14.0 Å². The average Bonchev–Trinajstić information content (AvgIpc) is 2.50. The molecule has 0 bridgehead atoms. The van der Waals surface area contributed by atoms with Gasteiger partial charge in [-0.25, -0.2) is 9.78 Å². The van der Waals surface area contributed by atoms with E-state index in [4.69, 9.17) is 11.0 Å². The van der Waals surface area contributed by atoms with E-state index in [2.05, 4.69) is 4.98 Å². The summed E-state index contributed by atoms with van der Waals surface area (Å²) in [6.07, 6.45) is -0.803. The fourth-order valence-corrected chi connectivity index (χ4v) is 0.908. The van der Waals surface area contributed by atoms with E-state index in [0.717, 1.165) is 0 Å². The Morgan fingerprint density at radius 1 is 1.62 bits per heavy atom. The fourth-order valence-electron chi connectivity index (χ4n) is 0.908. The van der Waals surface area contributed by atoms with Crippen molar-refractivity contribution in [3.8, 4) is 0 Å². The quantitative estimate of drug-likeness (QED) is 0.574. The first-order valence-electron chi connectivity index (χ1n) is 7.09. The molecule has 0 aliphatic heterocycles. The molecule has 0 radical (unpaired) electrons. The molecule has 6 heteroatoms. The Kier molecular flexibility index (Phi) is 0.504. The van der Waals surface area contributed by atoms with Crippen molar-refractivity contribution in [2.24, 2.45) is 14.0 Å². The molecular formula is C7H8N4O2. The van der Waals surface area contributed by atoms with Gasteiger partial charge in [0.15, 0.2) is 7.06 Å². The maximum Gasteiger partial charge on any atom is 0.332 e. The Morgan fingerprint density at radius 2 is 2.38 bits per heavy atom. The van der Waals surface area contributed by atoms with Crippen LogP contribution in [0, 0.1) is 0 Å². The molecule has 13 heavy (non-hydrogen) atoms. The number of fused-ring (bicyclic) bond motifs is 1. The second-order valence-electron chi connectivity index (χ2n) is 2.25. The highest BCUT2D eigenvalue weighted by molar-refractivity contribution is 5.68. The Hall–Kier alpha value is -1.85. The Morgan fingerprint density at radius 3 is 3.08 bits per heavy atom. The number of H-pyrrole nitrogens is 1. The number of hydrogen-bond acceptors (Lipinski definition) is 3. The summed E-state index contributed by atoms with van der Waals surface area (Å²) >= 11 is 0. The first-order chi connectivity index (χ1) is 9.37. The van der Waals surface area contributed by atoms with Crippen molar-refractivity contribution < 1.29 is 11.0 Å². The molecule has 68 valence electrons. The summed E-state index contributed by atoms with van der Waals surface area (Å²) in [4.78, 5) is 27.6. The van der Waals surface area contributed by atoms with E-state index >= 15 is 0 Å². The third kappa shape index (κ3) is 0.851. The number of aromatic nitrogens is 4. The van der Waals surface area contributed by atoms with E-state index in [0.29, 0.717) is 0 Å². The number of aryl methyl sites for hydroxylation is 1. The highest BCUT2D eigenvalue weighted by Crippen LogP contribution is 1.97. The molecule has 0 unspecified atom stereocenters. The van der Waals surface area contributed by atoms with Crippen molar-refractivity contribution in [1.82, 2.24) is 19.1 Å². The molecular weight excluding hydrogens is 172 g/mol. The summed E-state index contributed by atoms with van der Waals surface area (Å²) in [5, 5.41) is 0. The summed E-state index contributed by atoms with van der Waals surface area (Å²) in [7, 11) is 0. The topological polar surface area (TPSA) is 72.7 Å². The molecule has 0 atom stereocenters. The van der Waals surface area contributed by atoms with E-state index in [9.17, 15) is 9.59 Å². The molecule has 2 rings (SSSR count). The van der Waals surface area contributed by atoms with Gasteiger partial charge in [0.1, 0.15) is 6.89 Å². The zero-order chi connectivity index (χ0) is 16.3. The molecule has 0 spiro atoms. The van der Waals surface area contributed by atoms with E-state index in [1.165, 1.54) is 0 Å². The molecule has 1 N–H and O–H groups in total. The zero-order valence-corrected chi connectivity index (χ0v) is 6.11. The first kappa shape index (κ1) is 2.83. The van der Waals surface area contributed by atoms with Gasteiger partial charge in [-0.05, 0) is 0 Å². The number of aromatic amines is 1. The third-order valence-electron chi connectivity index (χ3n) is 1.53. The lowest BCUT2D eigenvalue weighted by Gasteiger charge is -2.00. The van der Waals surface area contributed by atoms with Crippen LogP contribution in [0.25, 0.3) is 11.2 Å². The summed E-state index contributed by atoms with van der Waals surface area (Å²) in [6, 6.07) is 0. The van der Waals surface area contributed by atoms with Crippen LogP contribution in [0.15, 0.2) is 15.9 Å². The number of hydrogen-bond donors (Lipinski definition) is 1. The average molecular weight is 188 g/mol. The van der Waals surface area contributed by atoms with Crippen LogP contribution in [0.5, 0.6) is 0 Å². The molecule has 6 nitrogen and oxygen atoms in total. The largest absolute Gasteiger partial charge is 0.339 e. The van der Waals surface area contributed by atoms with Gasteiger partial charge in [0.25, 0.3) is 5.56 Å². The van der Waals surface area contributed by atoms with Crippen molar-refractivity contribution in [2.75, 3.05) is 0 Å². The van der Waals surface area contributed by atoms with Gasteiger partial charge < -0.3 is 4.98 Å². The highest BCUT2D eigenvalue weighted by atomic mass is 16.2. The molecule has 0 amide bonds. The first-order valence-corrected chi connectivity index (χ1v) is 3.14. The smallest absolute Gasteiger partial charge is 0.332 e. The van der Waals surface area contributed by atoms with E-state index < -0.39 is 42.7 Å². The number of nitrogens with one attached hydrogen (secondary N) is 1. The van der Waals surface area contributed by atoms with Crippen LogP contribution in [-0.4, -0.2) is 19.1 Å². The van der Waals surface area contributed by atoms with Crippen molar-refractivity contribution in [3.63, 3.8) is 0 Å². The Labute approximate surface area is 83.8 Å². The van der Waals surface area contributed by atoms with Crippen molar-refractivity contribution in [1.29, 1.82) is 0 Å². The Bertz CT molecular complexity index is 838. The van der Waals surface area contributed by atoms with Crippen molar-refractivity contribution in [3.05, 3.63) is 27.1 Å². The van der Waals surface area contributed by atoms with Gasteiger partial charge in [0.2, 0.25) is 0 Å². The van der Waals surface area contributed by atoms with Gasteiger partial charge in [-0.1, -0.05) is 0 Å². The predicted molar refractivity (Wildman–Crippen MR) is 46.6 cm³/mol. The summed E-state index contributed by atoms with van der Waals surface area (Å²) in [5.41, 5.74) is -4.51. The monoisotopic (exact) mass is 188 g/mol. The standard InChI is InChI=1S/C7H8N4O2/c1-10-5-4(8-3-9-5)6(12)11(2)7(10)13/h3H,1-2H3,(H,8,9)/i1D3,2D3,3D/hD. The maximum atomic E-state index is 12.1.